The molecule has 0 spiro atoms. The van der Waals surface area contributed by atoms with E-state index in [4.69, 9.17) is 10.00 Å². The Hall–Kier alpha value is -2.59. The fourth-order valence-corrected chi connectivity index (χ4v) is 3.31. The van der Waals surface area contributed by atoms with Crippen molar-refractivity contribution in [1.82, 2.24) is 9.88 Å². The van der Waals surface area contributed by atoms with Crippen LogP contribution in [0.3, 0.4) is 0 Å². The molecule has 7 heteroatoms. The highest BCUT2D eigenvalue weighted by Crippen LogP contribution is 2.20. The van der Waals surface area contributed by atoms with Gasteiger partial charge in [-0.05, 0) is 31.2 Å². The van der Waals surface area contributed by atoms with Crippen LogP contribution < -0.4 is 9.64 Å². The summed E-state index contributed by atoms with van der Waals surface area (Å²) in [5.74, 6) is 0.578. The van der Waals surface area contributed by atoms with E-state index in [1.807, 2.05) is 10.3 Å². The van der Waals surface area contributed by atoms with Crippen LogP contribution >= 0.6 is 11.3 Å². The van der Waals surface area contributed by atoms with Gasteiger partial charge in [-0.2, -0.15) is 5.26 Å². The molecule has 1 aromatic heterocycles. The zero-order valence-electron chi connectivity index (χ0n) is 13.4. The largest absolute Gasteiger partial charge is 0.481 e. The number of hydrogen-bond donors (Lipinski definition) is 0. The van der Waals surface area contributed by atoms with Gasteiger partial charge < -0.3 is 14.5 Å². The third-order valence-corrected chi connectivity index (χ3v) is 4.76. The van der Waals surface area contributed by atoms with Crippen molar-refractivity contribution in [1.29, 1.82) is 5.26 Å². The first-order valence-electron chi connectivity index (χ1n) is 7.77. The number of ether oxygens (including phenoxy) is 1. The molecule has 1 aliphatic heterocycles. The Morgan fingerprint density at radius 1 is 1.29 bits per heavy atom. The average Bonchev–Trinajstić information content (AvgIpc) is 3.16. The van der Waals surface area contributed by atoms with Gasteiger partial charge in [0, 0.05) is 37.8 Å². The third-order valence-electron chi connectivity index (χ3n) is 3.93. The predicted molar refractivity (Wildman–Crippen MR) is 92.2 cm³/mol. The van der Waals surface area contributed by atoms with Gasteiger partial charge in [0.15, 0.2) is 11.2 Å². The fourth-order valence-electron chi connectivity index (χ4n) is 2.61. The first-order chi connectivity index (χ1) is 11.7. The predicted octanol–water partition coefficient (Wildman–Crippen LogP) is 2.13. The number of aromatic nitrogens is 1. The maximum absolute atomic E-state index is 12.5. The number of carbonyl (C=O) groups is 1. The van der Waals surface area contributed by atoms with Crippen molar-refractivity contribution in [2.75, 3.05) is 31.1 Å². The van der Waals surface area contributed by atoms with Crippen LogP contribution in [0.25, 0.3) is 0 Å². The van der Waals surface area contributed by atoms with E-state index in [9.17, 15) is 4.79 Å². The van der Waals surface area contributed by atoms with Crippen molar-refractivity contribution in [3.8, 4) is 11.8 Å². The lowest BCUT2D eigenvalue weighted by Crippen LogP contribution is -2.52. The molecule has 1 atom stereocenters. The molecule has 1 saturated heterocycles. The average molecular weight is 342 g/mol. The highest BCUT2D eigenvalue weighted by Gasteiger charge is 2.26. The van der Waals surface area contributed by atoms with Crippen molar-refractivity contribution < 1.29 is 9.53 Å². The molecule has 0 bridgehead atoms. The zero-order valence-corrected chi connectivity index (χ0v) is 14.2. The minimum absolute atomic E-state index is 0.0156. The second kappa shape index (κ2) is 7.32. The van der Waals surface area contributed by atoms with Crippen molar-refractivity contribution in [3.63, 3.8) is 0 Å². The molecule has 1 amide bonds. The Balaban J connectivity index is 1.53. The number of thiazole rings is 1. The van der Waals surface area contributed by atoms with E-state index in [1.165, 1.54) is 0 Å². The van der Waals surface area contributed by atoms with E-state index >= 15 is 0 Å². The van der Waals surface area contributed by atoms with E-state index in [0.29, 0.717) is 24.4 Å². The van der Waals surface area contributed by atoms with Crippen molar-refractivity contribution >= 4 is 22.4 Å². The molecule has 2 heterocycles. The minimum atomic E-state index is -0.552. The van der Waals surface area contributed by atoms with Gasteiger partial charge in [-0.15, -0.1) is 11.3 Å². The topological polar surface area (TPSA) is 69.5 Å². The standard InChI is InChI=1S/C17H18N4O2S/c1-13(23-15-4-2-14(12-18)3-5-15)16(22)20-7-9-21(10-8-20)17-19-6-11-24-17/h2-6,11,13H,7-10H2,1H3/t13-/m1/s1. The monoisotopic (exact) mass is 342 g/mol. The Morgan fingerprint density at radius 2 is 2.00 bits per heavy atom. The lowest BCUT2D eigenvalue weighted by molar-refractivity contribution is -0.138. The number of nitrogens with zero attached hydrogens (tertiary/aromatic N) is 4. The fraction of sp³-hybridized carbons (Fsp3) is 0.353. The molecule has 0 radical (unpaired) electrons. The van der Waals surface area contributed by atoms with Crippen LogP contribution in [0.2, 0.25) is 0 Å². The van der Waals surface area contributed by atoms with Gasteiger partial charge in [0.1, 0.15) is 5.75 Å². The van der Waals surface area contributed by atoms with Crippen molar-refractivity contribution in [2.45, 2.75) is 13.0 Å². The highest BCUT2D eigenvalue weighted by molar-refractivity contribution is 7.13. The van der Waals surface area contributed by atoms with Crippen LogP contribution in [-0.4, -0.2) is 48.1 Å². The van der Waals surface area contributed by atoms with E-state index in [0.717, 1.165) is 18.2 Å². The first-order valence-corrected chi connectivity index (χ1v) is 8.65. The summed E-state index contributed by atoms with van der Waals surface area (Å²) in [7, 11) is 0. The van der Waals surface area contributed by atoms with Crippen molar-refractivity contribution in [3.05, 3.63) is 41.4 Å². The molecule has 124 valence electrons. The summed E-state index contributed by atoms with van der Waals surface area (Å²) in [4.78, 5) is 20.9. The van der Waals surface area contributed by atoms with Crippen LogP contribution in [-0.2, 0) is 4.79 Å². The molecule has 3 rings (SSSR count). The van der Waals surface area contributed by atoms with Gasteiger partial charge in [-0.1, -0.05) is 0 Å². The van der Waals surface area contributed by atoms with Gasteiger partial charge in [0.05, 0.1) is 11.6 Å². The van der Waals surface area contributed by atoms with E-state index < -0.39 is 6.10 Å². The van der Waals surface area contributed by atoms with Crippen molar-refractivity contribution in [2.24, 2.45) is 0 Å². The summed E-state index contributed by atoms with van der Waals surface area (Å²) >= 11 is 1.61. The second-order valence-corrected chi connectivity index (χ2v) is 6.40. The van der Waals surface area contributed by atoms with Gasteiger partial charge in [0.25, 0.3) is 5.91 Å². The number of nitriles is 1. The number of amides is 1. The van der Waals surface area contributed by atoms with Gasteiger partial charge in [-0.25, -0.2) is 4.98 Å². The highest BCUT2D eigenvalue weighted by atomic mass is 32.1. The van der Waals surface area contributed by atoms with Gasteiger partial charge in [-0.3, -0.25) is 4.79 Å². The lowest BCUT2D eigenvalue weighted by Gasteiger charge is -2.35. The number of carbonyl (C=O) groups excluding carboxylic acids is 1. The summed E-state index contributed by atoms with van der Waals surface area (Å²) in [6, 6.07) is 8.84. The van der Waals surface area contributed by atoms with Gasteiger partial charge in [0.2, 0.25) is 0 Å². The lowest BCUT2D eigenvalue weighted by atomic mass is 10.2. The minimum Gasteiger partial charge on any atom is -0.481 e. The van der Waals surface area contributed by atoms with Gasteiger partial charge >= 0.3 is 0 Å². The Kier molecular flexibility index (Phi) is 4.96. The molecule has 1 aliphatic rings. The summed E-state index contributed by atoms with van der Waals surface area (Å²) in [5, 5.41) is 11.8. The molecule has 0 aliphatic carbocycles. The van der Waals surface area contributed by atoms with Crippen LogP contribution in [0.5, 0.6) is 5.75 Å². The molecular weight excluding hydrogens is 324 g/mol. The summed E-state index contributed by atoms with van der Waals surface area (Å²) in [6.45, 7) is 4.65. The Bertz CT molecular complexity index is 716. The molecule has 0 unspecified atom stereocenters. The van der Waals surface area contributed by atoms with Crippen LogP contribution in [0.15, 0.2) is 35.8 Å². The molecular formula is C17H18N4O2S. The summed E-state index contributed by atoms with van der Waals surface area (Å²) in [6.07, 6.45) is 1.25. The van der Waals surface area contributed by atoms with E-state index in [2.05, 4.69) is 16.0 Å². The number of piperazine rings is 1. The molecule has 0 N–H and O–H groups in total. The molecule has 24 heavy (non-hydrogen) atoms. The number of benzene rings is 1. The summed E-state index contributed by atoms with van der Waals surface area (Å²) in [5.41, 5.74) is 0.569. The quantitative estimate of drug-likeness (QED) is 0.851. The van der Waals surface area contributed by atoms with Crippen LogP contribution in [0, 0.1) is 11.3 Å². The number of anilines is 1. The van der Waals surface area contributed by atoms with E-state index in [1.54, 1.807) is 48.7 Å². The summed E-state index contributed by atoms with van der Waals surface area (Å²) < 4.78 is 5.70. The molecule has 6 nitrogen and oxygen atoms in total. The second-order valence-electron chi connectivity index (χ2n) is 5.52. The molecule has 1 aromatic carbocycles. The van der Waals surface area contributed by atoms with Crippen LogP contribution in [0.1, 0.15) is 12.5 Å². The van der Waals surface area contributed by atoms with E-state index in [-0.39, 0.29) is 5.91 Å². The SMILES string of the molecule is C[C@@H](Oc1ccc(C#N)cc1)C(=O)N1CCN(c2nccs2)CC1. The molecule has 0 saturated carbocycles. The normalized spacial score (nSPS) is 15.7. The molecule has 2 aromatic rings. The third kappa shape index (κ3) is 3.66. The molecule has 1 fully saturated rings. The number of hydrogen-bond acceptors (Lipinski definition) is 6. The maximum atomic E-state index is 12.5. The Labute approximate surface area is 144 Å². The van der Waals surface area contributed by atoms with Crippen LogP contribution in [0.4, 0.5) is 5.13 Å². The number of rotatable bonds is 4. The first kappa shape index (κ1) is 16.3. The smallest absolute Gasteiger partial charge is 0.263 e. The Morgan fingerprint density at radius 3 is 2.58 bits per heavy atom. The zero-order chi connectivity index (χ0) is 16.9. The maximum Gasteiger partial charge on any atom is 0.263 e.